The van der Waals surface area contributed by atoms with E-state index in [9.17, 15) is 5.26 Å². The molecular formula is C15H27N3O. The van der Waals surface area contributed by atoms with Crippen LogP contribution in [0.25, 0.3) is 0 Å². The minimum absolute atomic E-state index is 0.362. The van der Waals surface area contributed by atoms with Crippen LogP contribution in [0, 0.1) is 11.3 Å². The molecule has 0 radical (unpaired) electrons. The molecule has 2 fully saturated rings. The van der Waals surface area contributed by atoms with Crippen LogP contribution < -0.4 is 5.32 Å². The monoisotopic (exact) mass is 265 g/mol. The predicted octanol–water partition coefficient (Wildman–Crippen LogP) is 1.91. The van der Waals surface area contributed by atoms with Crippen LogP contribution >= 0.6 is 0 Å². The van der Waals surface area contributed by atoms with Gasteiger partial charge in [0.25, 0.3) is 0 Å². The number of ether oxygens (including phenoxy) is 1. The number of nitriles is 1. The summed E-state index contributed by atoms with van der Waals surface area (Å²) in [6.45, 7) is 6.41. The van der Waals surface area contributed by atoms with Crippen LogP contribution in [0.3, 0.4) is 0 Å². The Bertz CT molecular complexity index is 337. The summed E-state index contributed by atoms with van der Waals surface area (Å²) in [6.07, 6.45) is 6.05. The first-order valence-electron chi connectivity index (χ1n) is 7.52. The van der Waals surface area contributed by atoms with Crippen molar-refractivity contribution >= 4 is 0 Å². The fourth-order valence-electron chi connectivity index (χ4n) is 3.09. The Hall–Kier alpha value is -0.630. The van der Waals surface area contributed by atoms with Crippen LogP contribution in [0.1, 0.15) is 46.0 Å². The van der Waals surface area contributed by atoms with Crippen LogP contribution in [-0.4, -0.2) is 48.8 Å². The van der Waals surface area contributed by atoms with Crippen molar-refractivity contribution in [2.75, 3.05) is 20.2 Å². The van der Waals surface area contributed by atoms with Gasteiger partial charge < -0.3 is 4.74 Å². The molecule has 0 aromatic heterocycles. The van der Waals surface area contributed by atoms with E-state index in [0.717, 1.165) is 25.9 Å². The highest BCUT2D eigenvalue weighted by Gasteiger charge is 2.35. The molecule has 1 saturated carbocycles. The van der Waals surface area contributed by atoms with Crippen LogP contribution in [0.5, 0.6) is 0 Å². The minimum Gasteiger partial charge on any atom is -0.380 e. The summed E-state index contributed by atoms with van der Waals surface area (Å²) in [4.78, 5) is 2.47. The first-order chi connectivity index (χ1) is 9.06. The molecule has 1 saturated heterocycles. The quantitative estimate of drug-likeness (QED) is 0.797. The molecule has 4 heteroatoms. The zero-order chi connectivity index (χ0) is 13.9. The van der Waals surface area contributed by atoms with Crippen LogP contribution in [0.15, 0.2) is 0 Å². The van der Waals surface area contributed by atoms with Gasteiger partial charge in [-0.25, -0.2) is 0 Å². The smallest absolute Gasteiger partial charge is 0.105 e. The lowest BCUT2D eigenvalue weighted by atomic mass is 9.93. The first-order valence-corrected chi connectivity index (χ1v) is 7.52. The van der Waals surface area contributed by atoms with Crippen molar-refractivity contribution < 1.29 is 4.74 Å². The van der Waals surface area contributed by atoms with Gasteiger partial charge in [0.05, 0.1) is 12.2 Å². The topological polar surface area (TPSA) is 48.3 Å². The number of nitrogens with zero attached hydrogens (tertiary/aromatic N) is 2. The molecule has 3 unspecified atom stereocenters. The fourth-order valence-corrected chi connectivity index (χ4v) is 3.09. The Labute approximate surface area is 117 Å². The van der Waals surface area contributed by atoms with Gasteiger partial charge in [-0.15, -0.1) is 0 Å². The van der Waals surface area contributed by atoms with Crippen molar-refractivity contribution in [3.8, 4) is 6.07 Å². The SMILES string of the molecule is COC1CCCN(C(C)CC(C)(C#N)NC2CC2)C1. The molecular weight excluding hydrogens is 238 g/mol. The largest absolute Gasteiger partial charge is 0.380 e. The van der Waals surface area contributed by atoms with E-state index < -0.39 is 0 Å². The maximum absolute atomic E-state index is 9.45. The highest BCUT2D eigenvalue weighted by molar-refractivity contribution is 5.08. The Balaban J connectivity index is 1.87. The molecule has 1 aliphatic heterocycles. The highest BCUT2D eigenvalue weighted by atomic mass is 16.5. The average Bonchev–Trinajstić information content (AvgIpc) is 3.22. The van der Waals surface area contributed by atoms with Crippen molar-refractivity contribution in [1.29, 1.82) is 5.26 Å². The van der Waals surface area contributed by atoms with Gasteiger partial charge in [0, 0.05) is 25.7 Å². The first kappa shape index (κ1) is 14.8. The Morgan fingerprint density at radius 2 is 2.21 bits per heavy atom. The van der Waals surface area contributed by atoms with E-state index in [-0.39, 0.29) is 5.54 Å². The molecule has 0 aromatic rings. The van der Waals surface area contributed by atoms with E-state index in [1.165, 1.54) is 19.3 Å². The summed E-state index contributed by atoms with van der Waals surface area (Å²) >= 11 is 0. The maximum atomic E-state index is 9.45. The predicted molar refractivity (Wildman–Crippen MR) is 75.9 cm³/mol. The molecule has 2 rings (SSSR count). The number of hydrogen-bond acceptors (Lipinski definition) is 4. The fraction of sp³-hybridized carbons (Fsp3) is 0.933. The molecule has 3 atom stereocenters. The maximum Gasteiger partial charge on any atom is 0.105 e. The summed E-state index contributed by atoms with van der Waals surface area (Å²) in [5, 5.41) is 12.9. The van der Waals surface area contributed by atoms with Crippen LogP contribution in [0.2, 0.25) is 0 Å². The minimum atomic E-state index is -0.388. The number of rotatable bonds is 6. The van der Waals surface area contributed by atoms with Gasteiger partial charge in [-0.2, -0.15) is 5.26 Å². The lowest BCUT2D eigenvalue weighted by Crippen LogP contribution is -2.51. The van der Waals surface area contributed by atoms with Crippen molar-refractivity contribution in [3.63, 3.8) is 0 Å². The number of nitrogens with one attached hydrogen (secondary N) is 1. The third-order valence-corrected chi connectivity index (χ3v) is 4.42. The normalized spacial score (nSPS) is 29.5. The third kappa shape index (κ3) is 4.17. The Morgan fingerprint density at radius 3 is 2.79 bits per heavy atom. The summed E-state index contributed by atoms with van der Waals surface area (Å²) in [6, 6.07) is 3.47. The Kier molecular flexibility index (Phi) is 4.83. The summed E-state index contributed by atoms with van der Waals surface area (Å²) in [5.74, 6) is 0. The second-order valence-electron chi connectivity index (χ2n) is 6.41. The van der Waals surface area contributed by atoms with Gasteiger partial charge in [0.1, 0.15) is 5.54 Å². The van der Waals surface area contributed by atoms with E-state index in [4.69, 9.17) is 4.74 Å². The third-order valence-electron chi connectivity index (χ3n) is 4.42. The van der Waals surface area contributed by atoms with Crippen LogP contribution in [-0.2, 0) is 4.74 Å². The van der Waals surface area contributed by atoms with E-state index in [1.807, 2.05) is 6.92 Å². The number of methoxy groups -OCH3 is 1. The summed E-state index contributed by atoms with van der Waals surface area (Å²) in [7, 11) is 1.80. The molecule has 0 spiro atoms. The zero-order valence-electron chi connectivity index (χ0n) is 12.5. The second kappa shape index (κ2) is 6.21. The van der Waals surface area contributed by atoms with Crippen molar-refractivity contribution in [2.24, 2.45) is 0 Å². The van der Waals surface area contributed by atoms with Crippen molar-refractivity contribution in [1.82, 2.24) is 10.2 Å². The van der Waals surface area contributed by atoms with Gasteiger partial charge in [0.2, 0.25) is 0 Å². The van der Waals surface area contributed by atoms with E-state index in [0.29, 0.717) is 18.2 Å². The average molecular weight is 265 g/mol. The summed E-state index contributed by atoms with van der Waals surface area (Å²) < 4.78 is 5.48. The van der Waals surface area contributed by atoms with Gasteiger partial charge in [-0.3, -0.25) is 10.2 Å². The molecule has 1 N–H and O–H groups in total. The number of hydrogen-bond donors (Lipinski definition) is 1. The molecule has 4 nitrogen and oxygen atoms in total. The van der Waals surface area contributed by atoms with Crippen molar-refractivity contribution in [3.05, 3.63) is 0 Å². The van der Waals surface area contributed by atoms with Crippen molar-refractivity contribution in [2.45, 2.75) is 69.7 Å². The molecule has 0 bridgehead atoms. The Morgan fingerprint density at radius 1 is 1.47 bits per heavy atom. The van der Waals surface area contributed by atoms with Gasteiger partial charge in [-0.05, 0) is 52.5 Å². The van der Waals surface area contributed by atoms with E-state index in [1.54, 1.807) is 7.11 Å². The lowest BCUT2D eigenvalue weighted by Gasteiger charge is -2.38. The van der Waals surface area contributed by atoms with Crippen LogP contribution in [0.4, 0.5) is 0 Å². The lowest BCUT2D eigenvalue weighted by molar-refractivity contribution is 0.0131. The van der Waals surface area contributed by atoms with Gasteiger partial charge in [-0.1, -0.05) is 0 Å². The molecule has 19 heavy (non-hydrogen) atoms. The zero-order valence-corrected chi connectivity index (χ0v) is 12.5. The molecule has 0 aromatic carbocycles. The molecule has 1 aliphatic carbocycles. The second-order valence-corrected chi connectivity index (χ2v) is 6.41. The molecule has 2 aliphatic rings. The number of piperidine rings is 1. The van der Waals surface area contributed by atoms with Gasteiger partial charge >= 0.3 is 0 Å². The van der Waals surface area contributed by atoms with Gasteiger partial charge in [0.15, 0.2) is 0 Å². The highest BCUT2D eigenvalue weighted by Crippen LogP contribution is 2.26. The molecule has 108 valence electrons. The number of likely N-dealkylation sites (tertiary alicyclic amines) is 1. The molecule has 1 heterocycles. The van der Waals surface area contributed by atoms with E-state index in [2.05, 4.69) is 23.2 Å². The standard InChI is InChI=1S/C15H27N3O/c1-12(18-8-4-5-14(10-18)19-3)9-15(2,11-16)17-13-6-7-13/h12-14,17H,4-10H2,1-3H3. The van der Waals surface area contributed by atoms with E-state index >= 15 is 0 Å². The molecule has 0 amide bonds. The summed E-state index contributed by atoms with van der Waals surface area (Å²) in [5.41, 5.74) is -0.388.